The number of imidazole rings is 1. The fraction of sp³-hybridized carbons (Fsp3) is 0.150. The third kappa shape index (κ3) is 2.55. The molecule has 0 saturated carbocycles. The van der Waals surface area contributed by atoms with Crippen LogP contribution >= 0.6 is 0 Å². The highest BCUT2D eigenvalue weighted by atomic mass is 16.3. The minimum absolute atomic E-state index is 0.775. The molecule has 0 aliphatic heterocycles. The van der Waals surface area contributed by atoms with Gasteiger partial charge in [-0.2, -0.15) is 0 Å². The first-order chi connectivity index (χ1) is 11.2. The second kappa shape index (κ2) is 5.43. The number of furan rings is 1. The van der Waals surface area contributed by atoms with Crippen LogP contribution in [0.3, 0.4) is 0 Å². The molecule has 3 nitrogen and oxygen atoms in total. The lowest BCUT2D eigenvalue weighted by molar-refractivity contribution is 0.540. The van der Waals surface area contributed by atoms with Crippen molar-refractivity contribution in [3.63, 3.8) is 0 Å². The van der Waals surface area contributed by atoms with Gasteiger partial charge in [-0.15, -0.1) is 0 Å². The summed E-state index contributed by atoms with van der Waals surface area (Å²) in [4.78, 5) is 4.78. The van der Waals surface area contributed by atoms with Gasteiger partial charge in [0, 0.05) is 6.54 Å². The summed E-state index contributed by atoms with van der Waals surface area (Å²) in [6.07, 6.45) is 0. The van der Waals surface area contributed by atoms with Crippen LogP contribution in [0.5, 0.6) is 0 Å². The van der Waals surface area contributed by atoms with E-state index in [1.165, 1.54) is 11.1 Å². The average Bonchev–Trinajstić information content (AvgIpc) is 3.12. The number of fused-ring (bicyclic) bond motifs is 1. The second-order valence-electron chi connectivity index (χ2n) is 5.91. The predicted octanol–water partition coefficient (Wildman–Crippen LogP) is 4.96. The summed E-state index contributed by atoms with van der Waals surface area (Å²) in [5.74, 6) is 2.58. The van der Waals surface area contributed by atoms with E-state index >= 15 is 0 Å². The number of aromatic nitrogens is 2. The third-order valence-corrected chi connectivity index (χ3v) is 4.04. The van der Waals surface area contributed by atoms with Crippen molar-refractivity contribution in [2.24, 2.45) is 0 Å². The molecule has 0 atom stereocenters. The number of aryl methyl sites for hydroxylation is 2. The van der Waals surface area contributed by atoms with Gasteiger partial charge in [-0.3, -0.25) is 0 Å². The predicted molar refractivity (Wildman–Crippen MR) is 92.5 cm³/mol. The summed E-state index contributed by atoms with van der Waals surface area (Å²) >= 11 is 0. The Morgan fingerprint density at radius 3 is 2.61 bits per heavy atom. The molecule has 0 saturated heterocycles. The molecule has 3 heteroatoms. The van der Waals surface area contributed by atoms with Crippen molar-refractivity contribution >= 4 is 11.0 Å². The van der Waals surface area contributed by atoms with E-state index in [2.05, 4.69) is 41.8 Å². The quantitative estimate of drug-likeness (QED) is 0.535. The standard InChI is InChI=1S/C20H18N2O/c1-14-6-5-7-16(12-14)13-22-18-9-4-3-8-17(18)21-20(22)19-11-10-15(2)23-19/h3-12H,13H2,1-2H3. The number of benzene rings is 2. The van der Waals surface area contributed by atoms with E-state index in [-0.39, 0.29) is 0 Å². The minimum atomic E-state index is 0.775. The lowest BCUT2D eigenvalue weighted by Gasteiger charge is -2.09. The zero-order valence-electron chi connectivity index (χ0n) is 13.3. The van der Waals surface area contributed by atoms with Gasteiger partial charge in [0.15, 0.2) is 11.6 Å². The maximum absolute atomic E-state index is 5.82. The fourth-order valence-corrected chi connectivity index (χ4v) is 2.97. The van der Waals surface area contributed by atoms with E-state index in [0.717, 1.165) is 34.9 Å². The average molecular weight is 302 g/mol. The van der Waals surface area contributed by atoms with Gasteiger partial charge < -0.3 is 8.98 Å². The molecule has 0 bridgehead atoms. The maximum atomic E-state index is 5.82. The van der Waals surface area contributed by atoms with Gasteiger partial charge in [0.1, 0.15) is 5.76 Å². The Hall–Kier alpha value is -2.81. The highest BCUT2D eigenvalue weighted by Crippen LogP contribution is 2.27. The van der Waals surface area contributed by atoms with Gasteiger partial charge in [0.25, 0.3) is 0 Å². The minimum Gasteiger partial charge on any atom is -0.458 e. The molecular formula is C20H18N2O. The molecule has 2 heterocycles. The van der Waals surface area contributed by atoms with Gasteiger partial charge >= 0.3 is 0 Å². The van der Waals surface area contributed by atoms with Crippen molar-refractivity contribution in [3.05, 3.63) is 77.6 Å². The fourth-order valence-electron chi connectivity index (χ4n) is 2.97. The van der Waals surface area contributed by atoms with Gasteiger partial charge in [0.2, 0.25) is 0 Å². The molecule has 0 aliphatic rings. The normalized spacial score (nSPS) is 11.2. The van der Waals surface area contributed by atoms with Gasteiger partial charge in [-0.25, -0.2) is 4.98 Å². The smallest absolute Gasteiger partial charge is 0.177 e. The molecule has 0 radical (unpaired) electrons. The molecule has 0 spiro atoms. The van der Waals surface area contributed by atoms with Crippen molar-refractivity contribution in [1.82, 2.24) is 9.55 Å². The Bertz CT molecular complexity index is 978. The summed E-state index contributed by atoms with van der Waals surface area (Å²) < 4.78 is 8.04. The van der Waals surface area contributed by atoms with E-state index in [0.29, 0.717) is 0 Å². The van der Waals surface area contributed by atoms with Crippen LogP contribution in [0, 0.1) is 13.8 Å². The Labute approximate surface area is 135 Å². The van der Waals surface area contributed by atoms with Crippen LogP contribution in [-0.2, 0) is 6.54 Å². The summed E-state index contributed by atoms with van der Waals surface area (Å²) in [5, 5.41) is 0. The van der Waals surface area contributed by atoms with Crippen LogP contribution < -0.4 is 0 Å². The molecule has 0 fully saturated rings. The number of para-hydroxylation sites is 2. The summed E-state index contributed by atoms with van der Waals surface area (Å²) in [7, 11) is 0. The SMILES string of the molecule is Cc1cccc(Cn2c(-c3ccc(C)o3)nc3ccccc32)c1. The van der Waals surface area contributed by atoms with Crippen LogP contribution in [0.25, 0.3) is 22.6 Å². The number of hydrogen-bond acceptors (Lipinski definition) is 2. The van der Waals surface area contributed by atoms with E-state index < -0.39 is 0 Å². The first-order valence-corrected chi connectivity index (χ1v) is 7.78. The number of nitrogens with zero attached hydrogens (tertiary/aromatic N) is 2. The Morgan fingerprint density at radius 1 is 0.957 bits per heavy atom. The first kappa shape index (κ1) is 13.8. The highest BCUT2D eigenvalue weighted by molar-refractivity contribution is 5.79. The first-order valence-electron chi connectivity index (χ1n) is 7.78. The second-order valence-corrected chi connectivity index (χ2v) is 5.91. The topological polar surface area (TPSA) is 31.0 Å². The molecule has 2 aromatic carbocycles. The zero-order valence-corrected chi connectivity index (χ0v) is 13.3. The zero-order chi connectivity index (χ0) is 15.8. The van der Waals surface area contributed by atoms with Crippen molar-refractivity contribution in [2.45, 2.75) is 20.4 Å². The van der Waals surface area contributed by atoms with E-state index in [4.69, 9.17) is 9.40 Å². The molecule has 0 amide bonds. The van der Waals surface area contributed by atoms with E-state index in [1.807, 2.05) is 37.3 Å². The van der Waals surface area contributed by atoms with Crippen LogP contribution in [0.1, 0.15) is 16.9 Å². The van der Waals surface area contributed by atoms with Crippen LogP contribution in [-0.4, -0.2) is 9.55 Å². The molecule has 0 aliphatic carbocycles. The van der Waals surface area contributed by atoms with Crippen molar-refractivity contribution in [2.75, 3.05) is 0 Å². The Kier molecular flexibility index (Phi) is 3.27. The van der Waals surface area contributed by atoms with Gasteiger partial charge in [0.05, 0.1) is 11.0 Å². The molecular weight excluding hydrogens is 284 g/mol. The van der Waals surface area contributed by atoms with Crippen molar-refractivity contribution < 1.29 is 4.42 Å². The third-order valence-electron chi connectivity index (χ3n) is 4.04. The van der Waals surface area contributed by atoms with Crippen molar-refractivity contribution in [3.8, 4) is 11.6 Å². The largest absolute Gasteiger partial charge is 0.458 e. The molecule has 4 aromatic rings. The molecule has 23 heavy (non-hydrogen) atoms. The van der Waals surface area contributed by atoms with E-state index in [9.17, 15) is 0 Å². The number of hydrogen-bond donors (Lipinski definition) is 0. The van der Waals surface area contributed by atoms with Gasteiger partial charge in [-0.1, -0.05) is 42.0 Å². The van der Waals surface area contributed by atoms with Gasteiger partial charge in [-0.05, 0) is 43.7 Å². The van der Waals surface area contributed by atoms with Crippen LogP contribution in [0.2, 0.25) is 0 Å². The Balaban J connectivity index is 1.89. The maximum Gasteiger partial charge on any atom is 0.177 e. The molecule has 114 valence electrons. The lowest BCUT2D eigenvalue weighted by atomic mass is 10.1. The lowest BCUT2D eigenvalue weighted by Crippen LogP contribution is -2.02. The summed E-state index contributed by atoms with van der Waals surface area (Å²) in [6.45, 7) is 4.85. The van der Waals surface area contributed by atoms with Crippen molar-refractivity contribution in [1.29, 1.82) is 0 Å². The summed E-state index contributed by atoms with van der Waals surface area (Å²) in [5.41, 5.74) is 4.64. The highest BCUT2D eigenvalue weighted by Gasteiger charge is 2.15. The molecule has 0 N–H and O–H groups in total. The van der Waals surface area contributed by atoms with Crippen LogP contribution in [0.4, 0.5) is 0 Å². The van der Waals surface area contributed by atoms with Crippen LogP contribution in [0.15, 0.2) is 65.1 Å². The Morgan fingerprint density at radius 2 is 1.83 bits per heavy atom. The monoisotopic (exact) mass is 302 g/mol. The molecule has 2 aromatic heterocycles. The molecule has 0 unspecified atom stereocenters. The summed E-state index contributed by atoms with van der Waals surface area (Å²) in [6, 6.07) is 20.8. The number of rotatable bonds is 3. The van der Waals surface area contributed by atoms with E-state index in [1.54, 1.807) is 0 Å². The molecule has 4 rings (SSSR count).